The van der Waals surface area contributed by atoms with Crippen LogP contribution in [-0.2, 0) is 20.8 Å². The maximum atomic E-state index is 12.6. The normalized spacial score (nSPS) is 18.4. The summed E-state index contributed by atoms with van der Waals surface area (Å²) in [7, 11) is 1.50. The van der Waals surface area contributed by atoms with E-state index in [1.54, 1.807) is 0 Å². The van der Waals surface area contributed by atoms with Crippen LogP contribution in [0.4, 0.5) is 0 Å². The quantitative estimate of drug-likeness (QED) is 0.407. The van der Waals surface area contributed by atoms with E-state index in [2.05, 4.69) is 41.0 Å². The van der Waals surface area contributed by atoms with Crippen molar-refractivity contribution in [3.05, 3.63) is 82.7 Å². The van der Waals surface area contributed by atoms with Gasteiger partial charge in [0.05, 0.1) is 0 Å². The van der Waals surface area contributed by atoms with E-state index in [9.17, 15) is 14.4 Å². The Bertz CT molecular complexity index is 956. The van der Waals surface area contributed by atoms with Gasteiger partial charge in [0.15, 0.2) is 0 Å². The topological polar surface area (TPSA) is 113 Å². The summed E-state index contributed by atoms with van der Waals surface area (Å²) < 4.78 is 0. The van der Waals surface area contributed by atoms with Crippen LogP contribution in [0.25, 0.3) is 0 Å². The fourth-order valence-electron chi connectivity index (χ4n) is 4.01. The monoisotopic (exact) mass is 406 g/mol. The Morgan fingerprint density at radius 1 is 1.07 bits per heavy atom. The summed E-state index contributed by atoms with van der Waals surface area (Å²) in [6, 6.07) is 18.8. The first-order valence-corrected chi connectivity index (χ1v) is 9.88. The van der Waals surface area contributed by atoms with Gasteiger partial charge in [-0.15, -0.1) is 0 Å². The molecular formula is C23H26N4O3. The molecule has 2 aromatic rings. The van der Waals surface area contributed by atoms with Crippen molar-refractivity contribution in [1.82, 2.24) is 16.0 Å². The van der Waals surface area contributed by atoms with Crippen LogP contribution in [0.5, 0.6) is 0 Å². The van der Waals surface area contributed by atoms with E-state index in [1.807, 2.05) is 29.6 Å². The third kappa shape index (κ3) is 4.68. The fraction of sp³-hybridized carbons (Fsp3) is 0.261. The summed E-state index contributed by atoms with van der Waals surface area (Å²) in [6.45, 7) is 0.449. The van der Waals surface area contributed by atoms with Crippen LogP contribution < -0.4 is 21.7 Å². The highest BCUT2D eigenvalue weighted by molar-refractivity contribution is 6.06. The fourth-order valence-corrected chi connectivity index (χ4v) is 4.01. The van der Waals surface area contributed by atoms with Gasteiger partial charge >= 0.3 is 0 Å². The largest absolute Gasteiger partial charge is 0.392 e. The zero-order valence-corrected chi connectivity index (χ0v) is 16.9. The van der Waals surface area contributed by atoms with Crippen LogP contribution in [0.3, 0.4) is 0 Å². The lowest BCUT2D eigenvalue weighted by molar-refractivity contribution is -0.123. The molecule has 0 saturated heterocycles. The molecule has 2 aromatic carbocycles. The zero-order chi connectivity index (χ0) is 21.5. The zero-order valence-electron chi connectivity index (χ0n) is 16.9. The van der Waals surface area contributed by atoms with Gasteiger partial charge in [0, 0.05) is 19.5 Å². The van der Waals surface area contributed by atoms with Gasteiger partial charge in [-0.2, -0.15) is 0 Å². The third-order valence-corrected chi connectivity index (χ3v) is 5.44. The maximum absolute atomic E-state index is 12.6. The molecule has 0 fully saturated rings. The van der Waals surface area contributed by atoms with Crippen molar-refractivity contribution in [2.24, 2.45) is 11.7 Å². The number of hydrogen-bond acceptors (Lipinski definition) is 5. The van der Waals surface area contributed by atoms with E-state index >= 15 is 0 Å². The minimum absolute atomic E-state index is 0.0647. The molecule has 3 rings (SSSR count). The number of carbonyl (C=O) groups excluding carboxylic acids is 3. The number of fused-ring (bicyclic) bond motifs is 1. The van der Waals surface area contributed by atoms with Crippen molar-refractivity contribution >= 4 is 18.2 Å². The number of rotatable bonds is 7. The summed E-state index contributed by atoms with van der Waals surface area (Å²) in [5.74, 6) is -0.801. The summed E-state index contributed by atoms with van der Waals surface area (Å²) in [5, 5.41) is 7.45. The second-order valence-corrected chi connectivity index (χ2v) is 7.31. The number of nitrogens with one attached hydrogen (secondary N) is 3. The highest BCUT2D eigenvalue weighted by atomic mass is 16.2. The number of imide groups is 1. The molecule has 0 radical (unpaired) electrons. The van der Waals surface area contributed by atoms with Gasteiger partial charge in [0.1, 0.15) is 11.4 Å². The van der Waals surface area contributed by atoms with Gasteiger partial charge in [-0.1, -0.05) is 54.6 Å². The molecule has 1 aliphatic carbocycles. The second kappa shape index (κ2) is 9.73. The first-order valence-electron chi connectivity index (χ1n) is 9.88. The second-order valence-electron chi connectivity index (χ2n) is 7.31. The summed E-state index contributed by atoms with van der Waals surface area (Å²) in [5.41, 5.74) is 9.18. The van der Waals surface area contributed by atoms with Crippen LogP contribution in [0, 0.1) is 5.92 Å². The smallest absolute Gasteiger partial charge is 0.275 e. The van der Waals surface area contributed by atoms with E-state index in [1.165, 1.54) is 23.7 Å². The van der Waals surface area contributed by atoms with Gasteiger partial charge in [0.25, 0.3) is 11.8 Å². The lowest BCUT2D eigenvalue weighted by Crippen LogP contribution is -2.40. The predicted molar refractivity (Wildman–Crippen MR) is 114 cm³/mol. The van der Waals surface area contributed by atoms with E-state index in [0.717, 1.165) is 12.8 Å². The summed E-state index contributed by atoms with van der Waals surface area (Å²) in [4.78, 5) is 34.8. The Morgan fingerprint density at radius 2 is 1.77 bits per heavy atom. The van der Waals surface area contributed by atoms with Crippen LogP contribution in [0.2, 0.25) is 0 Å². The Morgan fingerprint density at radius 3 is 2.47 bits per heavy atom. The number of benzene rings is 2. The highest BCUT2D eigenvalue weighted by Gasteiger charge is 2.28. The number of likely N-dealkylation sites (N-methyl/N-ethyl adjacent to an activating group) is 1. The molecule has 2 atom stereocenters. The van der Waals surface area contributed by atoms with Gasteiger partial charge < -0.3 is 16.4 Å². The minimum atomic E-state index is -0.819. The van der Waals surface area contributed by atoms with Crippen molar-refractivity contribution in [1.29, 1.82) is 0 Å². The van der Waals surface area contributed by atoms with Crippen molar-refractivity contribution in [3.63, 3.8) is 0 Å². The molecule has 30 heavy (non-hydrogen) atoms. The van der Waals surface area contributed by atoms with Gasteiger partial charge in [-0.05, 0) is 35.4 Å². The minimum Gasteiger partial charge on any atom is -0.392 e. The van der Waals surface area contributed by atoms with Crippen molar-refractivity contribution in [2.75, 3.05) is 13.6 Å². The molecule has 156 valence electrons. The molecule has 0 spiro atoms. The summed E-state index contributed by atoms with van der Waals surface area (Å²) in [6.07, 6.45) is 1.99. The first kappa shape index (κ1) is 21.1. The molecule has 1 aliphatic rings. The molecule has 0 aliphatic heterocycles. The van der Waals surface area contributed by atoms with E-state index in [0.29, 0.717) is 6.54 Å². The number of carbonyl (C=O) groups is 3. The molecule has 2 unspecified atom stereocenters. The van der Waals surface area contributed by atoms with E-state index in [4.69, 9.17) is 5.73 Å². The van der Waals surface area contributed by atoms with E-state index in [-0.39, 0.29) is 29.6 Å². The first-order chi connectivity index (χ1) is 14.5. The Hall–Kier alpha value is -3.61. The van der Waals surface area contributed by atoms with Crippen LogP contribution >= 0.6 is 0 Å². The van der Waals surface area contributed by atoms with Crippen molar-refractivity contribution < 1.29 is 14.4 Å². The predicted octanol–water partition coefficient (Wildman–Crippen LogP) is 1.16. The third-order valence-electron chi connectivity index (χ3n) is 5.44. The molecule has 5 N–H and O–H groups in total. The molecule has 0 aromatic heterocycles. The molecular weight excluding hydrogens is 380 g/mol. The number of amides is 3. The van der Waals surface area contributed by atoms with Crippen LogP contribution in [-0.4, -0.2) is 31.8 Å². The Kier molecular flexibility index (Phi) is 6.85. The Labute approximate surface area is 175 Å². The molecule has 3 amide bonds. The molecule has 7 nitrogen and oxygen atoms in total. The molecule has 0 heterocycles. The Balaban J connectivity index is 1.74. The lowest BCUT2D eigenvalue weighted by atomic mass is 9.74. The SMILES string of the molecule is CN/C(C(=O)NCC1Cc2ccccc2C(c2ccccc2)C1)=C(/N)C(=O)NC=O. The number of hydrogen-bond donors (Lipinski definition) is 4. The maximum Gasteiger partial charge on any atom is 0.275 e. The van der Waals surface area contributed by atoms with Gasteiger partial charge in [-0.25, -0.2) is 0 Å². The molecule has 0 bridgehead atoms. The lowest BCUT2D eigenvalue weighted by Gasteiger charge is -2.32. The van der Waals surface area contributed by atoms with Crippen LogP contribution in [0.1, 0.15) is 29.0 Å². The van der Waals surface area contributed by atoms with E-state index < -0.39 is 11.8 Å². The summed E-state index contributed by atoms with van der Waals surface area (Å²) >= 11 is 0. The number of nitrogens with two attached hydrogens (primary N) is 1. The van der Waals surface area contributed by atoms with Crippen molar-refractivity contribution in [3.8, 4) is 0 Å². The average Bonchev–Trinajstić information content (AvgIpc) is 2.78. The van der Waals surface area contributed by atoms with Gasteiger partial charge in [-0.3, -0.25) is 19.7 Å². The highest BCUT2D eigenvalue weighted by Crippen LogP contribution is 2.38. The van der Waals surface area contributed by atoms with Gasteiger partial charge in [0.2, 0.25) is 6.41 Å². The van der Waals surface area contributed by atoms with Crippen LogP contribution in [0.15, 0.2) is 66.0 Å². The average molecular weight is 406 g/mol. The molecule has 0 saturated carbocycles. The van der Waals surface area contributed by atoms with Crippen molar-refractivity contribution in [2.45, 2.75) is 18.8 Å². The standard InChI is InChI=1S/C23H26N4O3/c1-25-21(20(24)22(29)27-14-28)23(30)26-13-15-11-17-9-5-6-10-18(17)19(12-15)16-7-3-2-4-8-16/h2-10,14-15,19,25H,11-13,24H2,1H3,(H,26,30)(H,27,28,29)/b21-20+. The molecule has 7 heteroatoms.